The number of nitrogens with zero attached hydrogens (tertiary/aromatic N) is 2. The van der Waals surface area contributed by atoms with Crippen LogP contribution in [-0.4, -0.2) is 34.9 Å². The number of likely N-dealkylation sites (N-methyl/N-ethyl adjacent to an activating group) is 1. The van der Waals surface area contributed by atoms with Crippen molar-refractivity contribution in [2.45, 2.75) is 19.4 Å². The van der Waals surface area contributed by atoms with E-state index in [9.17, 15) is 4.79 Å². The van der Waals surface area contributed by atoms with Gasteiger partial charge < -0.3 is 10.6 Å². The second-order valence-corrected chi connectivity index (χ2v) is 5.26. The lowest BCUT2D eigenvalue weighted by Crippen LogP contribution is -2.50. The Balaban J connectivity index is 2.48. The van der Waals surface area contributed by atoms with Crippen molar-refractivity contribution in [1.29, 1.82) is 0 Å². The van der Waals surface area contributed by atoms with Crippen LogP contribution in [0.5, 0.6) is 0 Å². The molecule has 0 spiro atoms. The third-order valence-electron chi connectivity index (χ3n) is 3.59. The van der Waals surface area contributed by atoms with Gasteiger partial charge in [-0.2, -0.15) is 0 Å². The number of nitrogens with two attached hydrogens (primary N) is 1. The van der Waals surface area contributed by atoms with Crippen molar-refractivity contribution in [3.63, 3.8) is 0 Å². The zero-order chi connectivity index (χ0) is 14.0. The summed E-state index contributed by atoms with van der Waals surface area (Å²) in [7, 11) is 1.78. The molecule has 4 heteroatoms. The van der Waals surface area contributed by atoms with E-state index in [2.05, 4.69) is 4.98 Å². The average molecular weight is 257 g/mol. The lowest BCUT2D eigenvalue weighted by molar-refractivity contribution is 0.0642. The molecule has 0 aliphatic carbocycles. The summed E-state index contributed by atoms with van der Waals surface area (Å²) in [6, 6.07) is 9.40. The summed E-state index contributed by atoms with van der Waals surface area (Å²) in [6.07, 6.45) is 1.67. The molecule has 0 saturated heterocycles. The van der Waals surface area contributed by atoms with Crippen molar-refractivity contribution in [2.24, 2.45) is 5.73 Å². The van der Waals surface area contributed by atoms with Gasteiger partial charge in [0.25, 0.3) is 5.91 Å². The largest absolute Gasteiger partial charge is 0.335 e. The van der Waals surface area contributed by atoms with Gasteiger partial charge in [-0.3, -0.25) is 9.78 Å². The first-order valence-electron chi connectivity index (χ1n) is 6.29. The van der Waals surface area contributed by atoms with Crippen molar-refractivity contribution in [2.75, 3.05) is 13.6 Å². The van der Waals surface area contributed by atoms with Crippen LogP contribution in [0.25, 0.3) is 10.9 Å². The fraction of sp³-hybridized carbons (Fsp3) is 0.333. The van der Waals surface area contributed by atoms with E-state index in [4.69, 9.17) is 5.73 Å². The van der Waals surface area contributed by atoms with Gasteiger partial charge in [-0.25, -0.2) is 0 Å². The van der Waals surface area contributed by atoms with Crippen LogP contribution in [0.2, 0.25) is 0 Å². The van der Waals surface area contributed by atoms with Crippen LogP contribution < -0.4 is 5.73 Å². The molecule has 1 amide bonds. The Bertz CT molecular complexity index is 602. The van der Waals surface area contributed by atoms with Gasteiger partial charge in [-0.05, 0) is 26.0 Å². The number of amides is 1. The van der Waals surface area contributed by atoms with Gasteiger partial charge >= 0.3 is 0 Å². The monoisotopic (exact) mass is 257 g/mol. The van der Waals surface area contributed by atoms with E-state index in [1.807, 2.05) is 38.1 Å². The van der Waals surface area contributed by atoms with Crippen molar-refractivity contribution in [3.8, 4) is 0 Å². The molecular weight excluding hydrogens is 238 g/mol. The minimum atomic E-state index is -0.374. The van der Waals surface area contributed by atoms with Crippen LogP contribution in [0.15, 0.2) is 36.5 Å². The Labute approximate surface area is 113 Å². The van der Waals surface area contributed by atoms with E-state index in [0.717, 1.165) is 10.9 Å². The van der Waals surface area contributed by atoms with E-state index < -0.39 is 0 Å². The Kier molecular flexibility index (Phi) is 3.53. The number of pyridine rings is 1. The van der Waals surface area contributed by atoms with Gasteiger partial charge in [0.15, 0.2) is 0 Å². The molecule has 0 unspecified atom stereocenters. The maximum atomic E-state index is 12.6. The second-order valence-electron chi connectivity index (χ2n) is 5.26. The van der Waals surface area contributed by atoms with Crippen LogP contribution in [0.4, 0.5) is 0 Å². The molecule has 4 nitrogen and oxygen atoms in total. The Morgan fingerprint density at radius 3 is 2.68 bits per heavy atom. The molecular formula is C15H19N3O. The molecule has 0 atom stereocenters. The number of benzene rings is 1. The summed E-state index contributed by atoms with van der Waals surface area (Å²) in [5.74, 6) is -0.0333. The highest BCUT2D eigenvalue weighted by Crippen LogP contribution is 2.20. The van der Waals surface area contributed by atoms with Crippen LogP contribution >= 0.6 is 0 Å². The van der Waals surface area contributed by atoms with Crippen molar-refractivity contribution >= 4 is 16.8 Å². The summed E-state index contributed by atoms with van der Waals surface area (Å²) in [5.41, 5.74) is 6.84. The summed E-state index contributed by atoms with van der Waals surface area (Å²) in [5, 5.41) is 0.870. The highest BCUT2D eigenvalue weighted by atomic mass is 16.2. The van der Waals surface area contributed by atoms with Crippen LogP contribution in [0.3, 0.4) is 0 Å². The molecule has 1 heterocycles. The molecule has 0 aliphatic heterocycles. The number of carbonyl (C=O) groups is 1. The third kappa shape index (κ3) is 2.44. The van der Waals surface area contributed by atoms with Gasteiger partial charge in [0.1, 0.15) is 0 Å². The first-order chi connectivity index (χ1) is 8.97. The van der Waals surface area contributed by atoms with E-state index >= 15 is 0 Å². The molecule has 0 saturated carbocycles. The topological polar surface area (TPSA) is 59.2 Å². The predicted octanol–water partition coefficient (Wildman–Crippen LogP) is 2.04. The molecule has 0 bridgehead atoms. The molecule has 2 rings (SSSR count). The normalized spacial score (nSPS) is 11.6. The fourth-order valence-electron chi connectivity index (χ4n) is 1.87. The highest BCUT2D eigenvalue weighted by molar-refractivity contribution is 6.06. The Hall–Kier alpha value is -1.94. The number of hydrogen-bond donors (Lipinski definition) is 1. The van der Waals surface area contributed by atoms with Crippen molar-refractivity contribution < 1.29 is 4.79 Å². The summed E-state index contributed by atoms with van der Waals surface area (Å²) < 4.78 is 0. The summed E-state index contributed by atoms with van der Waals surface area (Å²) in [6.45, 7) is 4.32. The SMILES string of the molecule is CN(C(=O)c1ccnc2ccccc12)C(C)(C)CN. The van der Waals surface area contributed by atoms with Crippen LogP contribution in [0.1, 0.15) is 24.2 Å². The third-order valence-corrected chi connectivity index (χ3v) is 3.59. The van der Waals surface area contributed by atoms with Crippen molar-refractivity contribution in [1.82, 2.24) is 9.88 Å². The molecule has 2 aromatic rings. The molecule has 2 N–H and O–H groups in total. The number of fused-ring (bicyclic) bond motifs is 1. The Morgan fingerprint density at radius 2 is 2.00 bits per heavy atom. The number of carbonyl (C=O) groups excluding carboxylic acids is 1. The van der Waals surface area contributed by atoms with E-state index in [0.29, 0.717) is 12.1 Å². The van der Waals surface area contributed by atoms with E-state index in [1.54, 1.807) is 24.2 Å². The standard InChI is InChI=1S/C15H19N3O/c1-15(2,10-16)18(3)14(19)12-8-9-17-13-7-5-4-6-11(12)13/h4-9H,10,16H2,1-3H3. The van der Waals surface area contributed by atoms with E-state index in [-0.39, 0.29) is 11.4 Å². The van der Waals surface area contributed by atoms with Gasteiger partial charge in [-0.15, -0.1) is 0 Å². The fourth-order valence-corrected chi connectivity index (χ4v) is 1.87. The number of para-hydroxylation sites is 1. The second kappa shape index (κ2) is 4.97. The first-order valence-corrected chi connectivity index (χ1v) is 6.29. The van der Waals surface area contributed by atoms with Gasteiger partial charge in [0, 0.05) is 30.7 Å². The smallest absolute Gasteiger partial charge is 0.254 e. The number of rotatable bonds is 3. The Morgan fingerprint density at radius 1 is 1.32 bits per heavy atom. The average Bonchev–Trinajstić information content (AvgIpc) is 2.45. The van der Waals surface area contributed by atoms with Gasteiger partial charge in [0.05, 0.1) is 11.1 Å². The minimum absolute atomic E-state index is 0.0333. The van der Waals surface area contributed by atoms with Crippen LogP contribution in [0, 0.1) is 0 Å². The zero-order valence-corrected chi connectivity index (χ0v) is 11.6. The zero-order valence-electron chi connectivity index (χ0n) is 11.6. The van der Waals surface area contributed by atoms with E-state index in [1.165, 1.54) is 0 Å². The predicted molar refractivity (Wildman–Crippen MR) is 77.0 cm³/mol. The minimum Gasteiger partial charge on any atom is -0.335 e. The number of hydrogen-bond acceptors (Lipinski definition) is 3. The molecule has 1 aromatic carbocycles. The lowest BCUT2D eigenvalue weighted by atomic mass is 10.0. The number of aromatic nitrogens is 1. The maximum absolute atomic E-state index is 12.6. The molecule has 0 radical (unpaired) electrons. The lowest BCUT2D eigenvalue weighted by Gasteiger charge is -2.34. The first kappa shape index (κ1) is 13.5. The molecule has 100 valence electrons. The van der Waals surface area contributed by atoms with Crippen LogP contribution in [-0.2, 0) is 0 Å². The molecule has 1 aromatic heterocycles. The quantitative estimate of drug-likeness (QED) is 0.915. The van der Waals surface area contributed by atoms with Gasteiger partial charge in [0.2, 0.25) is 0 Å². The van der Waals surface area contributed by atoms with Gasteiger partial charge in [-0.1, -0.05) is 18.2 Å². The van der Waals surface area contributed by atoms with Crippen molar-refractivity contribution in [3.05, 3.63) is 42.1 Å². The summed E-state index contributed by atoms with van der Waals surface area (Å²) >= 11 is 0. The summed E-state index contributed by atoms with van der Waals surface area (Å²) in [4.78, 5) is 18.6. The highest BCUT2D eigenvalue weighted by Gasteiger charge is 2.27. The molecule has 0 aliphatic rings. The molecule has 0 fully saturated rings. The molecule has 19 heavy (non-hydrogen) atoms. The maximum Gasteiger partial charge on any atom is 0.254 e.